The summed E-state index contributed by atoms with van der Waals surface area (Å²) in [6.45, 7) is 7.51. The van der Waals surface area contributed by atoms with Crippen molar-refractivity contribution in [1.82, 2.24) is 14.7 Å². The third kappa shape index (κ3) is 2.88. The molecule has 23 heavy (non-hydrogen) atoms. The Kier molecular flexibility index (Phi) is 3.85. The van der Waals surface area contributed by atoms with Gasteiger partial charge in [-0.15, -0.1) is 0 Å². The molecule has 122 valence electrons. The van der Waals surface area contributed by atoms with Crippen LogP contribution in [0.1, 0.15) is 48.5 Å². The van der Waals surface area contributed by atoms with Gasteiger partial charge in [-0.05, 0) is 49.4 Å². The summed E-state index contributed by atoms with van der Waals surface area (Å²) in [6.07, 6.45) is 7.53. The standard InChI is InChI=1S/C19H25N3O/c1-14-12-20-22(13-14)18-5-8-21(9-6-18)15(2)17-4-3-16-7-10-23-19(16)11-17/h3-4,11-13,15,18H,5-10H2,1-2H3. The Bertz CT molecular complexity index is 686. The summed E-state index contributed by atoms with van der Waals surface area (Å²) in [5, 5.41) is 4.49. The lowest BCUT2D eigenvalue weighted by Gasteiger charge is -2.36. The van der Waals surface area contributed by atoms with Crippen LogP contribution < -0.4 is 4.74 Å². The highest BCUT2D eigenvalue weighted by molar-refractivity contribution is 5.41. The van der Waals surface area contributed by atoms with Gasteiger partial charge in [0.25, 0.3) is 0 Å². The number of hydrogen-bond acceptors (Lipinski definition) is 3. The monoisotopic (exact) mass is 311 g/mol. The van der Waals surface area contributed by atoms with Gasteiger partial charge in [0.15, 0.2) is 0 Å². The second-order valence-electron chi connectivity index (χ2n) is 6.91. The van der Waals surface area contributed by atoms with Crippen molar-refractivity contribution in [3.63, 3.8) is 0 Å². The minimum atomic E-state index is 0.449. The first-order valence-corrected chi connectivity index (χ1v) is 8.71. The van der Waals surface area contributed by atoms with Crippen LogP contribution in [-0.4, -0.2) is 34.4 Å². The highest BCUT2D eigenvalue weighted by Crippen LogP contribution is 2.33. The number of nitrogens with zero attached hydrogens (tertiary/aromatic N) is 3. The van der Waals surface area contributed by atoms with Crippen LogP contribution in [0.25, 0.3) is 0 Å². The zero-order chi connectivity index (χ0) is 15.8. The van der Waals surface area contributed by atoms with Crippen LogP contribution >= 0.6 is 0 Å². The molecule has 0 aliphatic carbocycles. The molecule has 1 aromatic carbocycles. The lowest BCUT2D eigenvalue weighted by atomic mass is 9.99. The molecule has 1 atom stereocenters. The summed E-state index contributed by atoms with van der Waals surface area (Å²) < 4.78 is 7.88. The number of aryl methyl sites for hydroxylation is 1. The third-order valence-electron chi connectivity index (χ3n) is 5.35. The number of rotatable bonds is 3. The van der Waals surface area contributed by atoms with E-state index in [1.807, 2.05) is 6.20 Å². The van der Waals surface area contributed by atoms with E-state index in [-0.39, 0.29) is 0 Å². The van der Waals surface area contributed by atoms with E-state index in [4.69, 9.17) is 4.74 Å². The van der Waals surface area contributed by atoms with Crippen molar-refractivity contribution in [3.05, 3.63) is 47.3 Å². The Morgan fingerprint density at radius 2 is 2.09 bits per heavy atom. The van der Waals surface area contributed by atoms with Crippen molar-refractivity contribution in [3.8, 4) is 5.75 Å². The van der Waals surface area contributed by atoms with Crippen LogP contribution in [0.5, 0.6) is 5.75 Å². The van der Waals surface area contributed by atoms with E-state index < -0.39 is 0 Å². The fourth-order valence-corrected chi connectivity index (χ4v) is 3.82. The molecule has 0 radical (unpaired) electrons. The third-order valence-corrected chi connectivity index (χ3v) is 5.35. The predicted octanol–water partition coefficient (Wildman–Crippen LogP) is 3.52. The number of likely N-dealkylation sites (tertiary alicyclic amines) is 1. The molecule has 0 bridgehead atoms. The second-order valence-corrected chi connectivity index (χ2v) is 6.91. The molecule has 0 amide bonds. The maximum absolute atomic E-state index is 5.72. The lowest BCUT2D eigenvalue weighted by Crippen LogP contribution is -2.36. The maximum atomic E-state index is 5.72. The molecule has 2 aliphatic heterocycles. The van der Waals surface area contributed by atoms with E-state index in [0.29, 0.717) is 12.1 Å². The van der Waals surface area contributed by atoms with Gasteiger partial charge in [0.05, 0.1) is 18.8 Å². The van der Waals surface area contributed by atoms with Gasteiger partial charge in [-0.1, -0.05) is 12.1 Å². The van der Waals surface area contributed by atoms with Crippen molar-refractivity contribution in [1.29, 1.82) is 0 Å². The van der Waals surface area contributed by atoms with Gasteiger partial charge in [0.2, 0.25) is 0 Å². The van der Waals surface area contributed by atoms with Gasteiger partial charge in [0.1, 0.15) is 5.75 Å². The summed E-state index contributed by atoms with van der Waals surface area (Å²) in [5.41, 5.74) is 3.98. The van der Waals surface area contributed by atoms with Gasteiger partial charge < -0.3 is 4.74 Å². The molecule has 0 saturated carbocycles. The van der Waals surface area contributed by atoms with Crippen molar-refractivity contribution in [2.45, 2.75) is 45.2 Å². The summed E-state index contributed by atoms with van der Waals surface area (Å²) in [4.78, 5) is 2.59. The number of aromatic nitrogens is 2. The van der Waals surface area contributed by atoms with E-state index in [1.165, 1.54) is 29.5 Å². The van der Waals surface area contributed by atoms with E-state index in [2.05, 4.69) is 52.9 Å². The van der Waals surface area contributed by atoms with Crippen molar-refractivity contribution in [2.75, 3.05) is 19.7 Å². The first kappa shape index (κ1) is 14.8. The predicted molar refractivity (Wildman–Crippen MR) is 90.9 cm³/mol. The van der Waals surface area contributed by atoms with Crippen LogP contribution in [0.4, 0.5) is 0 Å². The van der Waals surface area contributed by atoms with E-state index in [9.17, 15) is 0 Å². The first-order chi connectivity index (χ1) is 11.2. The van der Waals surface area contributed by atoms with Gasteiger partial charge in [-0.3, -0.25) is 9.58 Å². The topological polar surface area (TPSA) is 30.3 Å². The molecule has 1 unspecified atom stereocenters. The van der Waals surface area contributed by atoms with Crippen molar-refractivity contribution in [2.24, 2.45) is 0 Å². The number of fused-ring (bicyclic) bond motifs is 1. The molecule has 1 fully saturated rings. The summed E-state index contributed by atoms with van der Waals surface area (Å²) in [5.74, 6) is 1.09. The van der Waals surface area contributed by atoms with Crippen LogP contribution in [-0.2, 0) is 6.42 Å². The number of benzene rings is 1. The van der Waals surface area contributed by atoms with Crippen LogP contribution in [0.3, 0.4) is 0 Å². The van der Waals surface area contributed by atoms with E-state index in [1.54, 1.807) is 0 Å². The Labute approximate surface area is 138 Å². The van der Waals surface area contributed by atoms with Crippen LogP contribution in [0.15, 0.2) is 30.6 Å². The van der Waals surface area contributed by atoms with Crippen LogP contribution in [0, 0.1) is 6.92 Å². The van der Waals surface area contributed by atoms with Gasteiger partial charge in [-0.2, -0.15) is 5.10 Å². The molecule has 1 saturated heterocycles. The molecule has 1 aromatic heterocycles. The molecule has 2 aliphatic rings. The summed E-state index contributed by atoms with van der Waals surface area (Å²) in [6, 6.07) is 7.77. The Morgan fingerprint density at radius 3 is 2.83 bits per heavy atom. The zero-order valence-corrected chi connectivity index (χ0v) is 14.0. The summed E-state index contributed by atoms with van der Waals surface area (Å²) in [7, 11) is 0. The average Bonchev–Trinajstić information content (AvgIpc) is 3.22. The highest BCUT2D eigenvalue weighted by Gasteiger charge is 2.25. The largest absolute Gasteiger partial charge is 0.493 e. The fraction of sp³-hybridized carbons (Fsp3) is 0.526. The Morgan fingerprint density at radius 1 is 1.26 bits per heavy atom. The smallest absolute Gasteiger partial charge is 0.122 e. The lowest BCUT2D eigenvalue weighted by molar-refractivity contribution is 0.139. The van der Waals surface area contributed by atoms with E-state index >= 15 is 0 Å². The van der Waals surface area contributed by atoms with Crippen LogP contribution in [0.2, 0.25) is 0 Å². The number of piperidine rings is 1. The van der Waals surface area contributed by atoms with Crippen molar-refractivity contribution < 1.29 is 4.74 Å². The Balaban J connectivity index is 1.41. The number of hydrogen-bond donors (Lipinski definition) is 0. The van der Waals surface area contributed by atoms with Crippen molar-refractivity contribution >= 4 is 0 Å². The van der Waals surface area contributed by atoms with Gasteiger partial charge in [0, 0.05) is 31.7 Å². The van der Waals surface area contributed by atoms with Gasteiger partial charge in [-0.25, -0.2) is 0 Å². The Hall–Kier alpha value is -1.81. The summed E-state index contributed by atoms with van der Waals surface area (Å²) >= 11 is 0. The second kappa shape index (κ2) is 6.00. The molecule has 0 N–H and O–H groups in total. The first-order valence-electron chi connectivity index (χ1n) is 8.71. The molecule has 3 heterocycles. The fourth-order valence-electron chi connectivity index (χ4n) is 3.82. The number of ether oxygens (including phenoxy) is 1. The van der Waals surface area contributed by atoms with E-state index in [0.717, 1.165) is 31.9 Å². The maximum Gasteiger partial charge on any atom is 0.122 e. The molecule has 4 nitrogen and oxygen atoms in total. The quantitative estimate of drug-likeness (QED) is 0.869. The SMILES string of the molecule is Cc1cnn(C2CCN(C(C)c3ccc4c(c3)OCC4)CC2)c1. The molecular formula is C19H25N3O. The highest BCUT2D eigenvalue weighted by atomic mass is 16.5. The van der Waals surface area contributed by atoms with Gasteiger partial charge >= 0.3 is 0 Å². The minimum absolute atomic E-state index is 0.449. The zero-order valence-electron chi connectivity index (χ0n) is 14.0. The molecule has 0 spiro atoms. The molecule has 4 rings (SSSR count). The minimum Gasteiger partial charge on any atom is -0.493 e. The normalized spacial score (nSPS) is 20.3. The molecule has 4 heteroatoms. The molecular weight excluding hydrogens is 286 g/mol. The molecule has 2 aromatic rings. The average molecular weight is 311 g/mol.